The van der Waals surface area contributed by atoms with E-state index in [4.69, 9.17) is 9.47 Å². The third-order valence-electron chi connectivity index (χ3n) is 4.58. The van der Waals surface area contributed by atoms with E-state index in [1.807, 2.05) is 36.4 Å². The van der Waals surface area contributed by atoms with E-state index in [0.717, 1.165) is 12.0 Å². The zero-order valence-electron chi connectivity index (χ0n) is 17.7. The van der Waals surface area contributed by atoms with E-state index < -0.39 is 5.56 Å². The number of carbonyl (C=O) groups is 1. The molecule has 0 aliphatic carbocycles. The minimum Gasteiger partial charge on any atom is -0.493 e. The van der Waals surface area contributed by atoms with Crippen molar-refractivity contribution in [1.82, 2.24) is 15.3 Å². The van der Waals surface area contributed by atoms with Crippen LogP contribution >= 0.6 is 11.8 Å². The first-order valence-electron chi connectivity index (χ1n) is 9.76. The highest BCUT2D eigenvalue weighted by Gasteiger charge is 2.16. The quantitative estimate of drug-likeness (QED) is 0.380. The van der Waals surface area contributed by atoms with Gasteiger partial charge in [0, 0.05) is 12.1 Å². The Hall–Kier alpha value is -3.77. The van der Waals surface area contributed by atoms with Crippen LogP contribution in [0.1, 0.15) is 11.1 Å². The van der Waals surface area contributed by atoms with E-state index in [-0.39, 0.29) is 23.8 Å². The molecule has 1 amide bonds. The highest BCUT2D eigenvalue weighted by atomic mass is 32.2. The maximum atomic E-state index is 12.2. The maximum Gasteiger partial charge on any atom is 0.270 e. The molecule has 0 aliphatic rings. The number of hydrogen-bond acceptors (Lipinski definition) is 7. The van der Waals surface area contributed by atoms with Gasteiger partial charge >= 0.3 is 0 Å². The van der Waals surface area contributed by atoms with Crippen LogP contribution in [0.4, 0.5) is 0 Å². The van der Waals surface area contributed by atoms with Gasteiger partial charge in [0.1, 0.15) is 11.6 Å². The molecule has 2 N–H and O–H groups in total. The molecule has 0 bridgehead atoms. The molecule has 32 heavy (non-hydrogen) atoms. The zero-order valence-corrected chi connectivity index (χ0v) is 18.5. The Morgan fingerprint density at radius 2 is 2.00 bits per heavy atom. The van der Waals surface area contributed by atoms with E-state index in [1.165, 1.54) is 18.9 Å². The van der Waals surface area contributed by atoms with Crippen LogP contribution in [0.25, 0.3) is 11.3 Å². The lowest BCUT2D eigenvalue weighted by atomic mass is 10.1. The molecular formula is C23H22N4O4S. The van der Waals surface area contributed by atoms with Crippen molar-refractivity contribution in [3.8, 4) is 28.8 Å². The second-order valence-corrected chi connectivity index (χ2v) is 7.45. The van der Waals surface area contributed by atoms with Crippen molar-refractivity contribution >= 4 is 17.7 Å². The number of nitriles is 1. The summed E-state index contributed by atoms with van der Waals surface area (Å²) in [6.07, 6.45) is 2.50. The van der Waals surface area contributed by atoms with Gasteiger partial charge in [-0.2, -0.15) is 5.26 Å². The number of ether oxygens (including phenoxy) is 2. The summed E-state index contributed by atoms with van der Waals surface area (Å²) in [5.74, 6) is 0.471. The minimum atomic E-state index is -0.506. The van der Waals surface area contributed by atoms with Crippen LogP contribution in [-0.4, -0.2) is 42.4 Å². The number of carbonyl (C=O) groups excluding carboxylic acids is 1. The number of aromatic nitrogens is 2. The number of amides is 1. The summed E-state index contributed by atoms with van der Waals surface area (Å²) < 4.78 is 11.0. The minimum absolute atomic E-state index is 0.0867. The van der Waals surface area contributed by atoms with Crippen molar-refractivity contribution in [3.05, 3.63) is 70.0 Å². The molecule has 0 saturated heterocycles. The van der Waals surface area contributed by atoms with Crippen LogP contribution in [0.5, 0.6) is 11.5 Å². The number of thioether (sulfide) groups is 1. The van der Waals surface area contributed by atoms with Gasteiger partial charge in [-0.25, -0.2) is 4.98 Å². The summed E-state index contributed by atoms with van der Waals surface area (Å²) in [5.41, 5.74) is 1.33. The molecule has 0 atom stereocenters. The average Bonchev–Trinajstić information content (AvgIpc) is 2.82. The normalized spacial score (nSPS) is 10.3. The lowest BCUT2D eigenvalue weighted by Gasteiger charge is -2.13. The van der Waals surface area contributed by atoms with Gasteiger partial charge in [-0.05, 0) is 36.4 Å². The average molecular weight is 451 g/mol. The van der Waals surface area contributed by atoms with Crippen LogP contribution in [0, 0.1) is 11.3 Å². The summed E-state index contributed by atoms with van der Waals surface area (Å²) >= 11 is 1.26. The maximum absolute atomic E-state index is 12.2. The molecule has 8 nitrogen and oxygen atoms in total. The number of hydrogen-bond donors (Lipinski definition) is 2. The summed E-state index contributed by atoms with van der Waals surface area (Å²) in [6, 6.07) is 16.7. The van der Waals surface area contributed by atoms with Gasteiger partial charge in [-0.3, -0.25) is 9.59 Å². The molecule has 0 fully saturated rings. The Bertz CT molecular complexity index is 1190. The highest BCUT2D eigenvalue weighted by molar-refractivity contribution is 7.98. The summed E-state index contributed by atoms with van der Waals surface area (Å²) in [4.78, 5) is 31.2. The standard InChI is InChI=1S/C23H22N4O4S/c1-30-19-12-16(21-17(13-24)22(29)27-23(26-21)32-2)8-9-18(19)31-14-20(28)25-11-10-15-6-4-3-5-7-15/h3-9,12H,10-11,14H2,1-2H3,(H,25,28)(H,26,27,29). The molecule has 3 aromatic rings. The van der Waals surface area contributed by atoms with Crippen molar-refractivity contribution in [2.45, 2.75) is 11.6 Å². The SMILES string of the molecule is COc1cc(-c2nc(SC)[nH]c(=O)c2C#N)ccc1OCC(=O)NCCc1ccccc1. The first-order chi connectivity index (χ1) is 15.5. The molecular weight excluding hydrogens is 428 g/mol. The molecule has 0 unspecified atom stereocenters. The smallest absolute Gasteiger partial charge is 0.270 e. The van der Waals surface area contributed by atoms with Gasteiger partial charge in [0.25, 0.3) is 11.5 Å². The largest absolute Gasteiger partial charge is 0.493 e. The topological polar surface area (TPSA) is 117 Å². The van der Waals surface area contributed by atoms with Crippen LogP contribution in [0.3, 0.4) is 0 Å². The predicted octanol–water partition coefficient (Wildman–Crippen LogP) is 2.78. The molecule has 1 heterocycles. The van der Waals surface area contributed by atoms with Crippen molar-refractivity contribution in [1.29, 1.82) is 5.26 Å². The van der Waals surface area contributed by atoms with E-state index >= 15 is 0 Å². The van der Waals surface area contributed by atoms with E-state index in [9.17, 15) is 14.9 Å². The predicted molar refractivity (Wildman–Crippen MR) is 122 cm³/mol. The number of rotatable bonds is 9. The van der Waals surface area contributed by atoms with Crippen molar-refractivity contribution in [3.63, 3.8) is 0 Å². The Kier molecular flexibility index (Phi) is 7.89. The molecule has 2 aromatic carbocycles. The van der Waals surface area contributed by atoms with Gasteiger partial charge < -0.3 is 19.8 Å². The lowest BCUT2D eigenvalue weighted by molar-refractivity contribution is -0.123. The van der Waals surface area contributed by atoms with Gasteiger partial charge in [-0.1, -0.05) is 42.1 Å². The summed E-state index contributed by atoms with van der Waals surface area (Å²) in [7, 11) is 1.47. The number of methoxy groups -OCH3 is 1. The highest BCUT2D eigenvalue weighted by Crippen LogP contribution is 2.32. The number of nitrogens with zero attached hydrogens (tertiary/aromatic N) is 2. The van der Waals surface area contributed by atoms with Crippen molar-refractivity contribution in [2.24, 2.45) is 0 Å². The van der Waals surface area contributed by atoms with Crippen LogP contribution in [-0.2, 0) is 11.2 Å². The number of H-pyrrole nitrogens is 1. The Morgan fingerprint density at radius 3 is 2.69 bits per heavy atom. The molecule has 3 rings (SSSR count). The first kappa shape index (κ1) is 22.9. The van der Waals surface area contributed by atoms with Crippen LogP contribution in [0.15, 0.2) is 58.5 Å². The Labute approximate surface area is 189 Å². The Balaban J connectivity index is 1.68. The third-order valence-corrected chi connectivity index (χ3v) is 5.16. The van der Waals surface area contributed by atoms with Crippen molar-refractivity contribution in [2.75, 3.05) is 26.5 Å². The Morgan fingerprint density at radius 1 is 1.22 bits per heavy atom. The van der Waals surface area contributed by atoms with Crippen LogP contribution < -0.4 is 20.3 Å². The molecule has 1 aromatic heterocycles. The number of benzene rings is 2. The number of aromatic amines is 1. The van der Waals surface area contributed by atoms with E-state index in [0.29, 0.717) is 28.8 Å². The molecule has 164 valence electrons. The fourth-order valence-corrected chi connectivity index (χ4v) is 3.36. The summed E-state index contributed by atoms with van der Waals surface area (Å²) in [5, 5.41) is 12.6. The molecule has 0 spiro atoms. The van der Waals surface area contributed by atoms with Crippen molar-refractivity contribution < 1.29 is 14.3 Å². The zero-order chi connectivity index (χ0) is 22.9. The van der Waals surface area contributed by atoms with Crippen LogP contribution in [0.2, 0.25) is 0 Å². The fourth-order valence-electron chi connectivity index (χ4n) is 2.98. The lowest BCUT2D eigenvalue weighted by Crippen LogP contribution is -2.30. The fraction of sp³-hybridized carbons (Fsp3) is 0.217. The number of nitrogens with one attached hydrogen (secondary N) is 2. The van der Waals surface area contributed by atoms with Gasteiger partial charge in [-0.15, -0.1) is 0 Å². The van der Waals surface area contributed by atoms with Gasteiger partial charge in [0.2, 0.25) is 0 Å². The second-order valence-electron chi connectivity index (χ2n) is 6.65. The molecule has 0 aliphatic heterocycles. The van der Waals surface area contributed by atoms with Gasteiger partial charge in [0.05, 0.1) is 12.8 Å². The molecule has 9 heteroatoms. The van der Waals surface area contributed by atoms with Gasteiger partial charge in [0.15, 0.2) is 23.3 Å². The second kappa shape index (κ2) is 11.0. The third kappa shape index (κ3) is 5.68. The van der Waals surface area contributed by atoms with E-state index in [1.54, 1.807) is 24.5 Å². The van der Waals surface area contributed by atoms with E-state index in [2.05, 4.69) is 15.3 Å². The first-order valence-corrected chi connectivity index (χ1v) is 11.0. The molecule has 0 saturated carbocycles. The molecule has 0 radical (unpaired) electrons. The summed E-state index contributed by atoms with van der Waals surface area (Å²) in [6.45, 7) is 0.332. The monoisotopic (exact) mass is 450 g/mol.